The molecular weight excluding hydrogens is 652 g/mol. The number of benzene rings is 3. The van der Waals surface area contributed by atoms with E-state index < -0.39 is 61.5 Å². The van der Waals surface area contributed by atoms with Crippen molar-refractivity contribution in [1.29, 1.82) is 0 Å². The van der Waals surface area contributed by atoms with Crippen LogP contribution in [0.2, 0.25) is 0 Å². The van der Waals surface area contributed by atoms with Crippen LogP contribution < -0.4 is 10.1 Å². The number of amides is 1. The van der Waals surface area contributed by atoms with Crippen molar-refractivity contribution < 1.29 is 45.8 Å². The van der Waals surface area contributed by atoms with Crippen LogP contribution in [-0.4, -0.2) is 98.0 Å². The smallest absolute Gasteiger partial charge is 0.403 e. The van der Waals surface area contributed by atoms with Gasteiger partial charge in [-0.1, -0.05) is 48.5 Å². The van der Waals surface area contributed by atoms with Crippen LogP contribution in [0, 0.1) is 5.41 Å². The van der Waals surface area contributed by atoms with Gasteiger partial charge in [0.2, 0.25) is 5.91 Å². The summed E-state index contributed by atoms with van der Waals surface area (Å²) in [4.78, 5) is 29.0. The zero-order valence-corrected chi connectivity index (χ0v) is 27.2. The van der Waals surface area contributed by atoms with Gasteiger partial charge in [-0.25, -0.2) is 18.0 Å². The number of alkyl halides is 6. The number of nitrogens with zero attached hydrogens (tertiary/aromatic N) is 2. The van der Waals surface area contributed by atoms with Crippen molar-refractivity contribution in [1.82, 2.24) is 15.1 Å². The molecule has 3 aromatic rings. The summed E-state index contributed by atoms with van der Waals surface area (Å²) in [5.74, 6) is -2.36. The van der Waals surface area contributed by atoms with Crippen LogP contribution in [-0.2, 0) is 22.4 Å². The van der Waals surface area contributed by atoms with E-state index in [2.05, 4.69) is 10.2 Å². The van der Waals surface area contributed by atoms with Crippen molar-refractivity contribution in [3.63, 3.8) is 0 Å². The Balaban J connectivity index is 1.43. The maximum atomic E-state index is 14.4. The van der Waals surface area contributed by atoms with Gasteiger partial charge in [-0.05, 0) is 85.3 Å². The first-order valence-corrected chi connectivity index (χ1v) is 16.5. The van der Waals surface area contributed by atoms with E-state index in [1.54, 1.807) is 31.4 Å². The minimum absolute atomic E-state index is 0.300. The standard InChI is InChI=1S/C36H41F6N3O4/c1-49-30-12-3-6-23(13-17-44-16-5-8-25(37)21-44)32(30)28-11-4-9-26-24(7-2-10-27(26)28)20-29(33(46)47)43-34(48)35(36(40,41)42)14-18-45(19-15-35)22-31(38)39/h2-4,6-7,9-12,25,29,31H,5,8,13-22H2,1H3,(H,43,48)(H,46,47)/t25-,29+/m1/s1. The van der Waals surface area contributed by atoms with Gasteiger partial charge in [0.05, 0.1) is 13.7 Å². The van der Waals surface area contributed by atoms with Gasteiger partial charge < -0.3 is 20.1 Å². The maximum Gasteiger partial charge on any atom is 0.403 e. The Hall–Kier alpha value is -3.84. The molecule has 2 aliphatic heterocycles. The van der Waals surface area contributed by atoms with Crippen molar-refractivity contribution in [3.8, 4) is 16.9 Å². The van der Waals surface area contributed by atoms with Crippen LogP contribution in [0.3, 0.4) is 0 Å². The molecule has 266 valence electrons. The second-order valence-corrected chi connectivity index (χ2v) is 12.9. The number of nitrogens with one attached hydrogen (secondary N) is 1. The monoisotopic (exact) mass is 693 g/mol. The Morgan fingerprint density at radius 2 is 1.65 bits per heavy atom. The van der Waals surface area contributed by atoms with Crippen LogP contribution in [0.4, 0.5) is 26.3 Å². The van der Waals surface area contributed by atoms with Gasteiger partial charge >= 0.3 is 12.1 Å². The van der Waals surface area contributed by atoms with Crippen molar-refractivity contribution in [2.75, 3.05) is 46.4 Å². The molecule has 2 N–H and O–H groups in total. The lowest BCUT2D eigenvalue weighted by Crippen LogP contribution is -2.59. The van der Waals surface area contributed by atoms with E-state index >= 15 is 0 Å². The molecule has 0 aliphatic carbocycles. The second-order valence-electron chi connectivity index (χ2n) is 12.9. The van der Waals surface area contributed by atoms with E-state index in [0.29, 0.717) is 42.6 Å². The molecular formula is C36H41F6N3O4. The largest absolute Gasteiger partial charge is 0.496 e. The Kier molecular flexibility index (Phi) is 11.4. The summed E-state index contributed by atoms with van der Waals surface area (Å²) in [7, 11) is 1.56. The third-order valence-electron chi connectivity index (χ3n) is 9.87. The number of carboxylic acids is 1. The van der Waals surface area contributed by atoms with Crippen LogP contribution in [0.1, 0.15) is 36.8 Å². The molecule has 2 aliphatic rings. The van der Waals surface area contributed by atoms with Crippen molar-refractivity contribution in [2.24, 2.45) is 5.41 Å². The highest BCUT2D eigenvalue weighted by Crippen LogP contribution is 2.47. The highest BCUT2D eigenvalue weighted by molar-refractivity contribution is 6.00. The van der Waals surface area contributed by atoms with Gasteiger partial charge in [-0.2, -0.15) is 13.2 Å². The number of piperidine rings is 2. The quantitative estimate of drug-likeness (QED) is 0.211. The number of carboxylic acid groups (broad SMARTS) is 1. The molecule has 0 bridgehead atoms. The fourth-order valence-electron chi connectivity index (χ4n) is 7.18. The van der Waals surface area contributed by atoms with Gasteiger partial charge in [-0.15, -0.1) is 0 Å². The summed E-state index contributed by atoms with van der Waals surface area (Å²) in [5.41, 5.74) is 0.209. The number of hydrogen-bond acceptors (Lipinski definition) is 5. The van der Waals surface area contributed by atoms with E-state index in [9.17, 15) is 41.0 Å². The van der Waals surface area contributed by atoms with Crippen LogP contribution in [0.25, 0.3) is 21.9 Å². The van der Waals surface area contributed by atoms with Crippen molar-refractivity contribution in [2.45, 2.75) is 63.3 Å². The third kappa shape index (κ3) is 8.15. The van der Waals surface area contributed by atoms with E-state index in [-0.39, 0.29) is 19.5 Å². The Labute approximate surface area is 281 Å². The Morgan fingerprint density at radius 3 is 2.31 bits per heavy atom. The predicted molar refractivity (Wildman–Crippen MR) is 174 cm³/mol. The lowest BCUT2D eigenvalue weighted by molar-refractivity contribution is -0.233. The summed E-state index contributed by atoms with van der Waals surface area (Å²) in [6.07, 6.45) is -8.42. The normalized spacial score (nSPS) is 19.6. The highest BCUT2D eigenvalue weighted by atomic mass is 19.4. The number of carbonyl (C=O) groups excluding carboxylic acids is 1. The molecule has 3 aromatic carbocycles. The van der Waals surface area contributed by atoms with Gasteiger partial charge in [0.1, 0.15) is 23.4 Å². The molecule has 0 saturated carbocycles. The lowest BCUT2D eigenvalue weighted by Gasteiger charge is -2.41. The van der Waals surface area contributed by atoms with E-state index in [1.807, 2.05) is 30.3 Å². The van der Waals surface area contributed by atoms with Crippen LogP contribution >= 0.6 is 0 Å². The number of rotatable bonds is 12. The zero-order valence-electron chi connectivity index (χ0n) is 27.2. The average molecular weight is 694 g/mol. The van der Waals surface area contributed by atoms with Gasteiger partial charge in [0.25, 0.3) is 6.43 Å². The lowest BCUT2D eigenvalue weighted by atomic mass is 9.76. The summed E-state index contributed by atoms with van der Waals surface area (Å²) in [6, 6.07) is 14.8. The van der Waals surface area contributed by atoms with E-state index in [4.69, 9.17) is 4.74 Å². The maximum absolute atomic E-state index is 14.4. The van der Waals surface area contributed by atoms with Crippen LogP contribution in [0.15, 0.2) is 54.6 Å². The fraction of sp³-hybridized carbons (Fsp3) is 0.500. The molecule has 0 spiro atoms. The van der Waals surface area contributed by atoms with Crippen molar-refractivity contribution in [3.05, 3.63) is 65.7 Å². The molecule has 1 amide bonds. The second kappa shape index (κ2) is 15.4. The highest BCUT2D eigenvalue weighted by Gasteiger charge is 2.61. The number of hydrogen-bond donors (Lipinski definition) is 2. The summed E-state index contributed by atoms with van der Waals surface area (Å²) >= 11 is 0. The van der Waals surface area contributed by atoms with E-state index in [1.165, 1.54) is 4.90 Å². The molecule has 13 heteroatoms. The van der Waals surface area contributed by atoms with Crippen LogP contribution in [0.5, 0.6) is 5.75 Å². The fourth-order valence-corrected chi connectivity index (χ4v) is 7.18. The molecule has 2 atom stereocenters. The number of likely N-dealkylation sites (tertiary alicyclic amines) is 2. The molecule has 2 heterocycles. The third-order valence-corrected chi connectivity index (χ3v) is 9.87. The molecule has 2 saturated heterocycles. The molecule has 0 radical (unpaired) electrons. The number of aliphatic carboxylic acids is 1. The van der Waals surface area contributed by atoms with E-state index in [0.717, 1.165) is 35.0 Å². The summed E-state index contributed by atoms with van der Waals surface area (Å²) in [6.45, 7) is 0.408. The first-order chi connectivity index (χ1) is 23.3. The number of ether oxygens (including phenoxy) is 1. The Bertz CT molecular complexity index is 1630. The molecule has 0 unspecified atom stereocenters. The Morgan fingerprint density at radius 1 is 0.980 bits per heavy atom. The van der Waals surface area contributed by atoms with Crippen molar-refractivity contribution >= 4 is 22.6 Å². The number of carbonyl (C=O) groups is 2. The average Bonchev–Trinajstić information content (AvgIpc) is 3.06. The minimum Gasteiger partial charge on any atom is -0.496 e. The first kappa shape index (κ1) is 36.4. The van der Waals surface area contributed by atoms with Gasteiger partial charge in [0, 0.05) is 25.1 Å². The molecule has 5 rings (SSSR count). The SMILES string of the molecule is COc1cccc(CCN2CCC[C@@H](F)C2)c1-c1cccc2c(C[C@H](NC(=O)C3(C(F)(F)F)CCN(CC(F)F)CC3)C(=O)O)cccc12. The summed E-state index contributed by atoms with van der Waals surface area (Å²) in [5, 5.41) is 13.6. The van der Waals surface area contributed by atoms with Gasteiger partial charge in [0.15, 0.2) is 0 Å². The molecule has 0 aromatic heterocycles. The molecule has 49 heavy (non-hydrogen) atoms. The summed E-state index contributed by atoms with van der Waals surface area (Å²) < 4.78 is 88.7. The van der Waals surface area contributed by atoms with Gasteiger partial charge in [-0.3, -0.25) is 9.69 Å². The molecule has 7 nitrogen and oxygen atoms in total. The number of methoxy groups -OCH3 is 1. The topological polar surface area (TPSA) is 82.1 Å². The minimum atomic E-state index is -5.01. The zero-order chi connectivity index (χ0) is 35.3. The number of fused-ring (bicyclic) bond motifs is 1. The molecule has 2 fully saturated rings. The predicted octanol–water partition coefficient (Wildman–Crippen LogP) is 6.51. The number of halogens is 6. The first-order valence-electron chi connectivity index (χ1n) is 16.5.